The van der Waals surface area contributed by atoms with Crippen molar-refractivity contribution in [3.63, 3.8) is 0 Å². The van der Waals surface area contributed by atoms with Crippen LogP contribution in [0.2, 0.25) is 0 Å². The van der Waals surface area contributed by atoms with Crippen molar-refractivity contribution < 1.29 is 8.78 Å². The minimum absolute atomic E-state index is 0. The molecule has 1 nitrogen and oxygen atoms in total. The van der Waals surface area contributed by atoms with Crippen LogP contribution in [0, 0.1) is 5.82 Å². The molecule has 1 aromatic carbocycles. The van der Waals surface area contributed by atoms with Gasteiger partial charge in [0.2, 0.25) is 0 Å². The van der Waals surface area contributed by atoms with Crippen molar-refractivity contribution >= 4 is 12.4 Å². The summed E-state index contributed by atoms with van der Waals surface area (Å²) in [5.74, 6) is -0.413. The minimum Gasteiger partial charge on any atom is -0.325 e. The number of rotatable bonds is 1. The van der Waals surface area contributed by atoms with Gasteiger partial charge in [0.1, 0.15) is 5.82 Å². The molecule has 0 bridgehead atoms. The van der Waals surface area contributed by atoms with E-state index in [0.29, 0.717) is 12.0 Å². The molecule has 0 aliphatic heterocycles. The van der Waals surface area contributed by atoms with Gasteiger partial charge in [0.05, 0.1) is 0 Å². The Morgan fingerprint density at radius 1 is 1.46 bits per heavy atom. The molecule has 2 unspecified atom stereocenters. The van der Waals surface area contributed by atoms with Crippen LogP contribution in [0.4, 0.5) is 8.78 Å². The van der Waals surface area contributed by atoms with Gasteiger partial charge < -0.3 is 5.73 Å². The molecule has 72 valence electrons. The SMILES string of the molecule is Cl.NC1CC1(F)c1cccc(F)c1. The fourth-order valence-electron chi connectivity index (χ4n) is 1.34. The first-order valence-corrected chi connectivity index (χ1v) is 3.83. The van der Waals surface area contributed by atoms with Gasteiger partial charge >= 0.3 is 0 Å². The van der Waals surface area contributed by atoms with Crippen LogP contribution in [0.5, 0.6) is 0 Å². The lowest BCUT2D eigenvalue weighted by Crippen LogP contribution is -2.13. The Labute approximate surface area is 81.3 Å². The maximum atomic E-state index is 13.5. The fourth-order valence-corrected chi connectivity index (χ4v) is 1.34. The van der Waals surface area contributed by atoms with Crippen molar-refractivity contribution in [2.75, 3.05) is 0 Å². The second kappa shape index (κ2) is 3.24. The maximum absolute atomic E-state index is 13.5. The van der Waals surface area contributed by atoms with E-state index in [0.717, 1.165) is 0 Å². The lowest BCUT2D eigenvalue weighted by atomic mass is 10.1. The van der Waals surface area contributed by atoms with E-state index < -0.39 is 17.5 Å². The largest absolute Gasteiger partial charge is 0.325 e. The summed E-state index contributed by atoms with van der Waals surface area (Å²) in [6.07, 6.45) is 0.302. The molecule has 1 aliphatic rings. The Morgan fingerprint density at radius 2 is 2.08 bits per heavy atom. The van der Waals surface area contributed by atoms with Crippen LogP contribution in [0.25, 0.3) is 0 Å². The molecular formula is C9H10ClF2N. The standard InChI is InChI=1S/C9H9F2N.ClH/c10-7-3-1-2-6(4-7)9(11)5-8(9)12;/h1-4,8H,5,12H2;1H. The molecule has 0 radical (unpaired) electrons. The first-order chi connectivity index (χ1) is 5.63. The number of halogens is 3. The highest BCUT2D eigenvalue weighted by Crippen LogP contribution is 2.48. The van der Waals surface area contributed by atoms with Gasteiger partial charge in [0, 0.05) is 12.5 Å². The van der Waals surface area contributed by atoms with Crippen LogP contribution >= 0.6 is 12.4 Å². The van der Waals surface area contributed by atoms with Crippen molar-refractivity contribution in [1.82, 2.24) is 0 Å². The van der Waals surface area contributed by atoms with E-state index in [2.05, 4.69) is 0 Å². The van der Waals surface area contributed by atoms with Crippen LogP contribution in [0.3, 0.4) is 0 Å². The summed E-state index contributed by atoms with van der Waals surface area (Å²) < 4.78 is 26.2. The van der Waals surface area contributed by atoms with E-state index in [4.69, 9.17) is 5.73 Å². The molecular weight excluding hydrogens is 196 g/mol. The normalized spacial score (nSPS) is 30.8. The van der Waals surface area contributed by atoms with Gasteiger partial charge in [-0.15, -0.1) is 12.4 Å². The van der Waals surface area contributed by atoms with Crippen molar-refractivity contribution in [3.8, 4) is 0 Å². The highest BCUT2D eigenvalue weighted by Gasteiger charge is 2.54. The first-order valence-electron chi connectivity index (χ1n) is 3.83. The average molecular weight is 206 g/mol. The quantitative estimate of drug-likeness (QED) is 0.747. The van der Waals surface area contributed by atoms with E-state index in [9.17, 15) is 8.78 Å². The van der Waals surface area contributed by atoms with Crippen LogP contribution < -0.4 is 5.73 Å². The molecule has 4 heteroatoms. The van der Waals surface area contributed by atoms with Crippen molar-refractivity contribution in [3.05, 3.63) is 35.6 Å². The summed E-state index contributed by atoms with van der Waals surface area (Å²) >= 11 is 0. The molecule has 2 rings (SSSR count). The molecule has 1 saturated carbocycles. The minimum atomic E-state index is -1.47. The molecule has 0 aromatic heterocycles. The average Bonchev–Trinajstić information content (AvgIpc) is 2.61. The molecule has 1 aliphatic carbocycles. The molecule has 1 fully saturated rings. The zero-order valence-corrected chi connectivity index (χ0v) is 7.65. The van der Waals surface area contributed by atoms with Crippen LogP contribution in [0.15, 0.2) is 24.3 Å². The molecule has 1 aromatic rings. The highest BCUT2D eigenvalue weighted by molar-refractivity contribution is 5.85. The maximum Gasteiger partial charge on any atom is 0.152 e. The molecule has 0 saturated heterocycles. The predicted molar refractivity (Wildman–Crippen MR) is 49.0 cm³/mol. The lowest BCUT2D eigenvalue weighted by molar-refractivity contribution is 0.305. The summed E-state index contributed by atoms with van der Waals surface area (Å²) in [6.45, 7) is 0. The summed E-state index contributed by atoms with van der Waals surface area (Å²) in [4.78, 5) is 0. The Kier molecular flexibility index (Phi) is 2.59. The van der Waals surface area contributed by atoms with Crippen molar-refractivity contribution in [2.24, 2.45) is 5.73 Å². The number of nitrogens with two attached hydrogens (primary N) is 1. The van der Waals surface area contributed by atoms with E-state index in [1.807, 2.05) is 0 Å². The number of benzene rings is 1. The van der Waals surface area contributed by atoms with Gasteiger partial charge in [-0.1, -0.05) is 12.1 Å². The smallest absolute Gasteiger partial charge is 0.152 e. The molecule has 0 spiro atoms. The fraction of sp³-hybridized carbons (Fsp3) is 0.333. The molecule has 13 heavy (non-hydrogen) atoms. The number of hydrogen-bond donors (Lipinski definition) is 1. The Morgan fingerprint density at radius 3 is 2.54 bits per heavy atom. The second-order valence-corrected chi connectivity index (χ2v) is 3.18. The van der Waals surface area contributed by atoms with Crippen LogP contribution in [0.1, 0.15) is 12.0 Å². The van der Waals surface area contributed by atoms with Gasteiger partial charge in [-0.25, -0.2) is 8.78 Å². The van der Waals surface area contributed by atoms with E-state index in [-0.39, 0.29) is 12.4 Å². The third-order valence-electron chi connectivity index (χ3n) is 2.25. The Bertz CT molecular complexity index is 318. The van der Waals surface area contributed by atoms with Crippen molar-refractivity contribution in [2.45, 2.75) is 18.1 Å². The Balaban J connectivity index is 0.000000845. The highest BCUT2D eigenvalue weighted by atomic mass is 35.5. The number of alkyl halides is 1. The van der Waals surface area contributed by atoms with Gasteiger partial charge in [-0.2, -0.15) is 0 Å². The second-order valence-electron chi connectivity index (χ2n) is 3.18. The van der Waals surface area contributed by atoms with Gasteiger partial charge in [0.15, 0.2) is 5.67 Å². The summed E-state index contributed by atoms with van der Waals surface area (Å²) in [5, 5.41) is 0. The van der Waals surface area contributed by atoms with Gasteiger partial charge in [-0.3, -0.25) is 0 Å². The predicted octanol–water partition coefficient (Wildman–Crippen LogP) is 2.14. The third kappa shape index (κ3) is 1.67. The van der Waals surface area contributed by atoms with Crippen LogP contribution in [-0.2, 0) is 5.67 Å². The molecule has 0 heterocycles. The van der Waals surface area contributed by atoms with E-state index >= 15 is 0 Å². The summed E-state index contributed by atoms with van der Waals surface area (Å²) in [6, 6.07) is 5.10. The molecule has 2 atom stereocenters. The molecule has 0 amide bonds. The van der Waals surface area contributed by atoms with E-state index in [1.54, 1.807) is 6.07 Å². The molecule has 2 N–H and O–H groups in total. The topological polar surface area (TPSA) is 26.0 Å². The van der Waals surface area contributed by atoms with Gasteiger partial charge in [-0.05, 0) is 17.7 Å². The Hall–Kier alpha value is -0.670. The first kappa shape index (κ1) is 10.4. The zero-order valence-electron chi connectivity index (χ0n) is 6.84. The monoisotopic (exact) mass is 205 g/mol. The summed E-state index contributed by atoms with van der Waals surface area (Å²) in [5.41, 5.74) is 4.27. The van der Waals surface area contributed by atoms with Crippen molar-refractivity contribution in [1.29, 1.82) is 0 Å². The zero-order chi connectivity index (χ0) is 8.77. The van der Waals surface area contributed by atoms with E-state index in [1.165, 1.54) is 18.2 Å². The van der Waals surface area contributed by atoms with Crippen LogP contribution in [-0.4, -0.2) is 6.04 Å². The summed E-state index contributed by atoms with van der Waals surface area (Å²) in [7, 11) is 0. The van der Waals surface area contributed by atoms with Gasteiger partial charge in [0.25, 0.3) is 0 Å². The number of hydrogen-bond acceptors (Lipinski definition) is 1. The third-order valence-corrected chi connectivity index (χ3v) is 2.25. The lowest BCUT2D eigenvalue weighted by Gasteiger charge is -2.05.